The van der Waals surface area contributed by atoms with Gasteiger partial charge in [0.2, 0.25) is 5.95 Å². The van der Waals surface area contributed by atoms with Crippen molar-refractivity contribution in [3.63, 3.8) is 0 Å². The molecular formula is C9H16N4. The second kappa shape index (κ2) is 4.16. The number of hydrogen-bond acceptors (Lipinski definition) is 4. The number of rotatable bonds is 3. The number of aromatic nitrogens is 3. The van der Waals surface area contributed by atoms with E-state index in [0.29, 0.717) is 11.9 Å². The Labute approximate surface area is 78.6 Å². The second-order valence-electron chi connectivity index (χ2n) is 3.48. The van der Waals surface area contributed by atoms with Crippen molar-refractivity contribution in [2.24, 2.45) is 5.92 Å². The van der Waals surface area contributed by atoms with Gasteiger partial charge in [-0.1, -0.05) is 20.8 Å². The zero-order chi connectivity index (χ0) is 9.84. The highest BCUT2D eigenvalue weighted by atomic mass is 15.1. The molecule has 1 aromatic heterocycles. The van der Waals surface area contributed by atoms with E-state index >= 15 is 0 Å². The van der Waals surface area contributed by atoms with E-state index in [4.69, 9.17) is 5.73 Å². The third-order valence-corrected chi connectivity index (χ3v) is 1.65. The van der Waals surface area contributed by atoms with Crippen molar-refractivity contribution in [1.82, 2.24) is 15.0 Å². The van der Waals surface area contributed by atoms with Gasteiger partial charge < -0.3 is 5.73 Å². The third kappa shape index (κ3) is 2.97. The van der Waals surface area contributed by atoms with Crippen LogP contribution in [0.4, 0.5) is 5.95 Å². The fourth-order valence-corrected chi connectivity index (χ4v) is 1.10. The van der Waals surface area contributed by atoms with E-state index in [9.17, 15) is 0 Å². The van der Waals surface area contributed by atoms with Crippen molar-refractivity contribution >= 4 is 5.95 Å². The summed E-state index contributed by atoms with van der Waals surface area (Å²) < 4.78 is 0. The highest BCUT2D eigenvalue weighted by Gasteiger charge is 2.04. The van der Waals surface area contributed by atoms with Crippen LogP contribution < -0.4 is 5.73 Å². The Kier molecular flexibility index (Phi) is 3.17. The van der Waals surface area contributed by atoms with E-state index in [1.807, 2.05) is 6.92 Å². The highest BCUT2D eigenvalue weighted by Crippen LogP contribution is 2.04. The van der Waals surface area contributed by atoms with Crippen LogP contribution in [-0.2, 0) is 12.8 Å². The average Bonchev–Trinajstić information content (AvgIpc) is 2.01. The lowest BCUT2D eigenvalue weighted by Gasteiger charge is -2.05. The largest absolute Gasteiger partial charge is 0.368 e. The van der Waals surface area contributed by atoms with E-state index < -0.39 is 0 Å². The Morgan fingerprint density at radius 3 is 2.31 bits per heavy atom. The summed E-state index contributed by atoms with van der Waals surface area (Å²) >= 11 is 0. The summed E-state index contributed by atoms with van der Waals surface area (Å²) in [5, 5.41) is 0. The lowest BCUT2D eigenvalue weighted by molar-refractivity contribution is 0.614. The normalized spacial score (nSPS) is 10.8. The van der Waals surface area contributed by atoms with Crippen LogP contribution in [0.2, 0.25) is 0 Å². The highest BCUT2D eigenvalue weighted by molar-refractivity contribution is 5.15. The van der Waals surface area contributed by atoms with Crippen LogP contribution in [0.3, 0.4) is 0 Å². The molecular weight excluding hydrogens is 164 g/mol. The van der Waals surface area contributed by atoms with E-state index in [0.717, 1.165) is 24.5 Å². The third-order valence-electron chi connectivity index (χ3n) is 1.65. The monoisotopic (exact) mass is 180 g/mol. The minimum absolute atomic E-state index is 0.336. The van der Waals surface area contributed by atoms with E-state index in [1.54, 1.807) is 0 Å². The predicted molar refractivity (Wildman–Crippen MR) is 52.2 cm³/mol. The molecule has 0 atom stereocenters. The number of hydrogen-bond donors (Lipinski definition) is 1. The molecule has 4 heteroatoms. The standard InChI is InChI=1S/C9H16N4/c1-4-7-11-8(5-6(2)3)13-9(10)12-7/h6H,4-5H2,1-3H3,(H2,10,11,12,13). The SMILES string of the molecule is CCc1nc(N)nc(CC(C)C)n1. The number of anilines is 1. The number of aryl methyl sites for hydroxylation is 1. The summed E-state index contributed by atoms with van der Waals surface area (Å²) in [5.74, 6) is 2.47. The fourth-order valence-electron chi connectivity index (χ4n) is 1.10. The summed E-state index contributed by atoms with van der Waals surface area (Å²) in [6, 6.07) is 0. The second-order valence-corrected chi connectivity index (χ2v) is 3.48. The number of nitrogens with two attached hydrogens (primary N) is 1. The maximum atomic E-state index is 5.55. The van der Waals surface area contributed by atoms with E-state index in [1.165, 1.54) is 0 Å². The molecule has 0 fully saturated rings. The Hall–Kier alpha value is -1.19. The Morgan fingerprint density at radius 2 is 1.77 bits per heavy atom. The molecule has 0 bridgehead atoms. The Morgan fingerprint density at radius 1 is 1.15 bits per heavy atom. The van der Waals surface area contributed by atoms with E-state index in [-0.39, 0.29) is 0 Å². The van der Waals surface area contributed by atoms with Gasteiger partial charge in [-0.15, -0.1) is 0 Å². The molecule has 4 nitrogen and oxygen atoms in total. The molecule has 0 spiro atoms. The summed E-state index contributed by atoms with van der Waals surface area (Å²) in [6.07, 6.45) is 1.66. The molecule has 72 valence electrons. The van der Waals surface area contributed by atoms with Gasteiger partial charge in [-0.3, -0.25) is 0 Å². The van der Waals surface area contributed by atoms with Gasteiger partial charge in [-0.05, 0) is 5.92 Å². The molecule has 13 heavy (non-hydrogen) atoms. The number of nitrogen functional groups attached to an aromatic ring is 1. The quantitative estimate of drug-likeness (QED) is 0.759. The zero-order valence-electron chi connectivity index (χ0n) is 8.41. The maximum absolute atomic E-state index is 5.55. The smallest absolute Gasteiger partial charge is 0.223 e. The lowest BCUT2D eigenvalue weighted by Crippen LogP contribution is -2.08. The van der Waals surface area contributed by atoms with Gasteiger partial charge >= 0.3 is 0 Å². The Bertz CT molecular complexity index is 283. The molecule has 2 N–H and O–H groups in total. The van der Waals surface area contributed by atoms with Crippen molar-refractivity contribution in [2.45, 2.75) is 33.6 Å². The zero-order valence-corrected chi connectivity index (χ0v) is 8.41. The van der Waals surface area contributed by atoms with Gasteiger partial charge in [0.25, 0.3) is 0 Å². The first-order valence-electron chi connectivity index (χ1n) is 4.61. The molecule has 0 radical (unpaired) electrons. The minimum atomic E-state index is 0.336. The van der Waals surface area contributed by atoms with Crippen LogP contribution in [0.15, 0.2) is 0 Å². The molecule has 1 heterocycles. The number of nitrogens with zero attached hydrogens (tertiary/aromatic N) is 3. The van der Waals surface area contributed by atoms with Crippen LogP contribution in [-0.4, -0.2) is 15.0 Å². The Balaban J connectivity index is 2.88. The topological polar surface area (TPSA) is 64.7 Å². The van der Waals surface area contributed by atoms with Crippen LogP contribution >= 0.6 is 0 Å². The molecule has 0 aromatic carbocycles. The van der Waals surface area contributed by atoms with Crippen molar-refractivity contribution in [2.75, 3.05) is 5.73 Å². The van der Waals surface area contributed by atoms with Gasteiger partial charge in [-0.25, -0.2) is 4.98 Å². The van der Waals surface area contributed by atoms with Crippen LogP contribution in [0.25, 0.3) is 0 Å². The van der Waals surface area contributed by atoms with Crippen LogP contribution in [0, 0.1) is 5.92 Å². The molecule has 0 aliphatic heterocycles. The molecule has 0 saturated heterocycles. The van der Waals surface area contributed by atoms with E-state index in [2.05, 4.69) is 28.8 Å². The molecule has 0 amide bonds. The van der Waals surface area contributed by atoms with Gasteiger partial charge in [0.05, 0.1) is 0 Å². The van der Waals surface area contributed by atoms with Gasteiger partial charge in [0.1, 0.15) is 11.6 Å². The fraction of sp³-hybridized carbons (Fsp3) is 0.667. The molecule has 0 saturated carbocycles. The van der Waals surface area contributed by atoms with Crippen LogP contribution in [0.1, 0.15) is 32.4 Å². The van der Waals surface area contributed by atoms with Gasteiger partial charge in [0.15, 0.2) is 0 Å². The molecule has 0 aliphatic rings. The summed E-state index contributed by atoms with van der Waals surface area (Å²) in [6.45, 7) is 6.27. The first-order chi connectivity index (χ1) is 6.11. The first kappa shape index (κ1) is 9.89. The maximum Gasteiger partial charge on any atom is 0.223 e. The van der Waals surface area contributed by atoms with Gasteiger partial charge in [-0.2, -0.15) is 9.97 Å². The molecule has 1 aromatic rings. The molecule has 1 rings (SSSR count). The van der Waals surface area contributed by atoms with Crippen molar-refractivity contribution < 1.29 is 0 Å². The minimum Gasteiger partial charge on any atom is -0.368 e. The molecule has 0 unspecified atom stereocenters. The summed E-state index contributed by atoms with van der Waals surface area (Å²) in [7, 11) is 0. The first-order valence-corrected chi connectivity index (χ1v) is 4.61. The predicted octanol–water partition coefficient (Wildman–Crippen LogP) is 1.21. The van der Waals surface area contributed by atoms with Crippen molar-refractivity contribution in [1.29, 1.82) is 0 Å². The molecule has 0 aliphatic carbocycles. The summed E-state index contributed by atoms with van der Waals surface area (Å²) in [4.78, 5) is 12.4. The summed E-state index contributed by atoms with van der Waals surface area (Å²) in [5.41, 5.74) is 5.55. The van der Waals surface area contributed by atoms with Crippen molar-refractivity contribution in [3.05, 3.63) is 11.6 Å². The lowest BCUT2D eigenvalue weighted by atomic mass is 10.1. The average molecular weight is 180 g/mol. The van der Waals surface area contributed by atoms with Crippen molar-refractivity contribution in [3.8, 4) is 0 Å². The van der Waals surface area contributed by atoms with Gasteiger partial charge in [0, 0.05) is 12.8 Å². The van der Waals surface area contributed by atoms with Crippen LogP contribution in [0.5, 0.6) is 0 Å².